The number of benzene rings is 2. The number of methoxy groups -OCH3 is 1. The van der Waals surface area contributed by atoms with Gasteiger partial charge in [-0.05, 0) is 94.3 Å². The molecule has 1 amide bonds. The topological polar surface area (TPSA) is 41.6 Å². The van der Waals surface area contributed by atoms with Crippen LogP contribution in [-0.4, -0.2) is 31.0 Å². The lowest BCUT2D eigenvalue weighted by Gasteiger charge is -2.41. The van der Waals surface area contributed by atoms with Crippen LogP contribution < -0.4 is 10.1 Å². The fraction of sp³-hybridized carbons (Fsp3) is 0.464. The summed E-state index contributed by atoms with van der Waals surface area (Å²) in [7, 11) is 1.64. The highest BCUT2D eigenvalue weighted by Crippen LogP contribution is 2.41. The number of nitrogens with zero attached hydrogens (tertiary/aromatic N) is 1. The van der Waals surface area contributed by atoms with Crippen LogP contribution in [0, 0.1) is 12.8 Å². The number of likely N-dealkylation sites (tertiary alicyclic amines) is 1. The van der Waals surface area contributed by atoms with Gasteiger partial charge < -0.3 is 10.1 Å². The summed E-state index contributed by atoms with van der Waals surface area (Å²) >= 11 is 0. The summed E-state index contributed by atoms with van der Waals surface area (Å²) in [5.41, 5.74) is 4.86. The number of ether oxygens (including phenoxy) is 1. The Morgan fingerprint density at radius 1 is 1.00 bits per heavy atom. The Balaban J connectivity index is 1.39. The number of nitrogens with one attached hydrogen (secondary N) is 1. The van der Waals surface area contributed by atoms with Crippen LogP contribution in [0.2, 0.25) is 0 Å². The number of carbonyl (C=O) groups is 1. The summed E-state index contributed by atoms with van der Waals surface area (Å²) in [4.78, 5) is 15.3. The second kappa shape index (κ2) is 10.8. The maximum atomic E-state index is 12.5. The Labute approximate surface area is 192 Å². The van der Waals surface area contributed by atoms with E-state index in [0.717, 1.165) is 37.1 Å². The van der Waals surface area contributed by atoms with Crippen LogP contribution in [0.3, 0.4) is 0 Å². The van der Waals surface area contributed by atoms with Gasteiger partial charge in [-0.2, -0.15) is 0 Å². The molecule has 170 valence electrons. The van der Waals surface area contributed by atoms with E-state index in [1.807, 2.05) is 30.3 Å². The van der Waals surface area contributed by atoms with Crippen molar-refractivity contribution in [1.82, 2.24) is 4.90 Å². The van der Waals surface area contributed by atoms with Crippen molar-refractivity contribution in [2.24, 2.45) is 5.92 Å². The highest BCUT2D eigenvalue weighted by molar-refractivity contribution is 5.99. The second-order valence-corrected chi connectivity index (χ2v) is 9.31. The highest BCUT2D eigenvalue weighted by Gasteiger charge is 2.31. The van der Waals surface area contributed by atoms with Crippen molar-refractivity contribution < 1.29 is 9.53 Å². The molecule has 1 aliphatic carbocycles. The molecule has 1 saturated carbocycles. The minimum atomic E-state index is -0.0327. The van der Waals surface area contributed by atoms with Crippen LogP contribution in [0.5, 0.6) is 5.75 Å². The van der Waals surface area contributed by atoms with E-state index in [9.17, 15) is 4.79 Å². The molecule has 4 nitrogen and oxygen atoms in total. The molecular weight excluding hydrogens is 396 g/mol. The molecule has 0 bridgehead atoms. The van der Waals surface area contributed by atoms with Gasteiger partial charge in [-0.3, -0.25) is 9.69 Å². The molecule has 2 aliphatic rings. The van der Waals surface area contributed by atoms with Crippen molar-refractivity contribution in [2.45, 2.75) is 57.9 Å². The number of carbonyl (C=O) groups excluding carboxylic acids is 1. The molecule has 1 atom stereocenters. The van der Waals surface area contributed by atoms with E-state index in [-0.39, 0.29) is 5.91 Å². The summed E-state index contributed by atoms with van der Waals surface area (Å²) in [5, 5.41) is 2.98. The number of aryl methyl sites for hydroxylation is 1. The molecule has 4 rings (SSSR count). The predicted octanol–water partition coefficient (Wildman–Crippen LogP) is 6.29. The van der Waals surface area contributed by atoms with E-state index >= 15 is 0 Å². The quantitative estimate of drug-likeness (QED) is 0.546. The number of hydrogen-bond donors (Lipinski definition) is 1. The summed E-state index contributed by atoms with van der Waals surface area (Å²) < 4.78 is 5.18. The van der Waals surface area contributed by atoms with Crippen LogP contribution in [-0.2, 0) is 4.79 Å². The zero-order valence-corrected chi connectivity index (χ0v) is 19.5. The van der Waals surface area contributed by atoms with Crippen LogP contribution >= 0.6 is 0 Å². The second-order valence-electron chi connectivity index (χ2n) is 9.31. The average Bonchev–Trinajstić information content (AvgIpc) is 2.83. The van der Waals surface area contributed by atoms with Gasteiger partial charge in [-0.1, -0.05) is 41.8 Å². The number of hydrogen-bond acceptors (Lipinski definition) is 3. The van der Waals surface area contributed by atoms with Gasteiger partial charge in [0.25, 0.3) is 0 Å². The van der Waals surface area contributed by atoms with E-state index in [1.165, 1.54) is 49.1 Å². The zero-order chi connectivity index (χ0) is 22.3. The number of piperidine rings is 1. The minimum Gasteiger partial charge on any atom is -0.497 e. The summed E-state index contributed by atoms with van der Waals surface area (Å²) in [5.74, 6) is 1.41. The summed E-state index contributed by atoms with van der Waals surface area (Å²) in [6, 6.07) is 17.1. The largest absolute Gasteiger partial charge is 0.497 e. The molecule has 1 N–H and O–H groups in total. The van der Waals surface area contributed by atoms with Crippen molar-refractivity contribution in [1.29, 1.82) is 0 Å². The van der Waals surface area contributed by atoms with E-state index in [1.54, 1.807) is 7.11 Å². The zero-order valence-electron chi connectivity index (χ0n) is 19.5. The van der Waals surface area contributed by atoms with Gasteiger partial charge in [-0.15, -0.1) is 0 Å². The molecule has 0 spiro atoms. The van der Waals surface area contributed by atoms with Crippen molar-refractivity contribution in [3.05, 3.63) is 71.3 Å². The molecule has 2 aromatic carbocycles. The SMILES string of the molecule is COc1ccc(NC(=O)C=C2CCC(C(c3ccc(C)cc3)N3CCCCC3)CC2)cc1. The first-order valence-electron chi connectivity index (χ1n) is 12.1. The first-order chi connectivity index (χ1) is 15.6. The molecule has 1 unspecified atom stereocenters. The smallest absolute Gasteiger partial charge is 0.248 e. The highest BCUT2D eigenvalue weighted by atomic mass is 16.5. The Bertz CT molecular complexity index is 901. The number of allylic oxidation sites excluding steroid dienone is 1. The fourth-order valence-corrected chi connectivity index (χ4v) is 5.25. The maximum Gasteiger partial charge on any atom is 0.248 e. The minimum absolute atomic E-state index is 0.0327. The number of anilines is 1. The molecule has 4 heteroatoms. The van der Waals surface area contributed by atoms with Crippen molar-refractivity contribution in [3.63, 3.8) is 0 Å². The van der Waals surface area contributed by atoms with Gasteiger partial charge in [0.2, 0.25) is 5.91 Å². The summed E-state index contributed by atoms with van der Waals surface area (Å²) in [6.07, 6.45) is 10.1. The third kappa shape index (κ3) is 5.80. The molecule has 2 aromatic rings. The lowest BCUT2D eigenvalue weighted by Crippen LogP contribution is -2.38. The van der Waals surface area contributed by atoms with E-state index < -0.39 is 0 Å². The van der Waals surface area contributed by atoms with Crippen molar-refractivity contribution >= 4 is 11.6 Å². The van der Waals surface area contributed by atoms with Crippen LogP contribution in [0.15, 0.2) is 60.2 Å². The first kappa shape index (κ1) is 22.6. The van der Waals surface area contributed by atoms with Crippen LogP contribution in [0.4, 0.5) is 5.69 Å². The molecule has 0 radical (unpaired) electrons. The lowest BCUT2D eigenvalue weighted by molar-refractivity contribution is -0.112. The molecule has 1 heterocycles. The third-order valence-corrected chi connectivity index (χ3v) is 7.01. The average molecular weight is 433 g/mol. The fourth-order valence-electron chi connectivity index (χ4n) is 5.25. The predicted molar refractivity (Wildman–Crippen MR) is 131 cm³/mol. The van der Waals surface area contributed by atoms with Gasteiger partial charge in [0.15, 0.2) is 0 Å². The lowest BCUT2D eigenvalue weighted by atomic mass is 9.78. The third-order valence-electron chi connectivity index (χ3n) is 7.01. The molecule has 2 fully saturated rings. The van der Waals surface area contributed by atoms with Crippen molar-refractivity contribution in [3.8, 4) is 5.75 Å². The molecule has 0 aromatic heterocycles. The van der Waals surface area contributed by atoms with Crippen molar-refractivity contribution in [2.75, 3.05) is 25.5 Å². The number of amides is 1. The van der Waals surface area contributed by atoms with Gasteiger partial charge >= 0.3 is 0 Å². The summed E-state index contributed by atoms with van der Waals surface area (Å²) in [6.45, 7) is 4.58. The molecule has 1 saturated heterocycles. The van der Waals surface area contributed by atoms with Gasteiger partial charge in [-0.25, -0.2) is 0 Å². The van der Waals surface area contributed by atoms with E-state index in [0.29, 0.717) is 12.0 Å². The van der Waals surface area contributed by atoms with Gasteiger partial charge in [0.1, 0.15) is 5.75 Å². The van der Waals surface area contributed by atoms with Crippen LogP contribution in [0.1, 0.15) is 62.1 Å². The molecule has 32 heavy (non-hydrogen) atoms. The Morgan fingerprint density at radius 3 is 2.28 bits per heavy atom. The first-order valence-corrected chi connectivity index (χ1v) is 12.1. The van der Waals surface area contributed by atoms with E-state index in [2.05, 4.69) is 41.4 Å². The standard InChI is InChI=1S/C28H36N2O2/c1-21-6-10-23(11-7-21)28(30-18-4-3-5-19-30)24-12-8-22(9-13-24)20-27(31)29-25-14-16-26(32-2)17-15-25/h6-7,10-11,14-17,20,24,28H,3-5,8-9,12-13,18-19H2,1-2H3,(H,29,31). The number of rotatable bonds is 6. The van der Waals surface area contributed by atoms with Crippen LogP contribution in [0.25, 0.3) is 0 Å². The normalized spacial score (nSPS) is 20.4. The van der Waals surface area contributed by atoms with Gasteiger partial charge in [0, 0.05) is 17.8 Å². The Kier molecular flexibility index (Phi) is 7.64. The molecular formula is C28H36N2O2. The molecule has 1 aliphatic heterocycles. The Morgan fingerprint density at radius 2 is 1.66 bits per heavy atom. The monoisotopic (exact) mass is 432 g/mol. The maximum absolute atomic E-state index is 12.5. The van der Waals surface area contributed by atoms with E-state index in [4.69, 9.17) is 4.74 Å². The van der Waals surface area contributed by atoms with Gasteiger partial charge in [0.05, 0.1) is 7.11 Å². The Hall–Kier alpha value is -2.59.